The summed E-state index contributed by atoms with van der Waals surface area (Å²) < 4.78 is 24.8. The lowest BCUT2D eigenvalue weighted by atomic mass is 9.93. The number of fused-ring (bicyclic) bond motifs is 1. The number of furan rings is 1. The second kappa shape index (κ2) is 7.76. The van der Waals surface area contributed by atoms with E-state index in [1.165, 1.54) is 12.1 Å². The highest BCUT2D eigenvalue weighted by Crippen LogP contribution is 2.32. The van der Waals surface area contributed by atoms with Gasteiger partial charge in [-0.25, -0.2) is 4.39 Å². The van der Waals surface area contributed by atoms with Gasteiger partial charge in [0.25, 0.3) is 5.91 Å². The molecular weight excluding hydrogens is 401 g/mol. The molecule has 160 valence electrons. The minimum atomic E-state index is -0.367. The van der Waals surface area contributed by atoms with E-state index in [1.54, 1.807) is 24.0 Å². The Labute approximate surface area is 178 Å². The number of piperidine rings is 1. The standard InChI is InChI=1S/C23H22FN3O4/c1-13-19-17(28)8-3-9-18(19)30-20(13)23(29)27-10-4-6-15(12-27)22-25-21(26-31-22)14-5-2-7-16(24)11-14/h2,5,7,11,15H,3-4,6,8-10,12H2,1H3. The number of halogens is 1. The summed E-state index contributed by atoms with van der Waals surface area (Å²) in [6.45, 7) is 2.80. The molecule has 1 fully saturated rings. The van der Waals surface area contributed by atoms with E-state index in [1.807, 2.05) is 0 Å². The smallest absolute Gasteiger partial charge is 0.289 e. The molecule has 1 aliphatic heterocycles. The van der Waals surface area contributed by atoms with E-state index in [2.05, 4.69) is 10.1 Å². The van der Waals surface area contributed by atoms with E-state index < -0.39 is 0 Å². The summed E-state index contributed by atoms with van der Waals surface area (Å²) in [5.41, 5.74) is 1.76. The van der Waals surface area contributed by atoms with Crippen molar-refractivity contribution in [1.29, 1.82) is 0 Å². The minimum Gasteiger partial charge on any atom is -0.455 e. The second-order valence-electron chi connectivity index (χ2n) is 8.19. The molecular formula is C23H22FN3O4. The molecule has 2 aromatic heterocycles. The fourth-order valence-electron chi connectivity index (χ4n) is 4.51. The van der Waals surface area contributed by atoms with Gasteiger partial charge in [-0.15, -0.1) is 0 Å². The number of likely N-dealkylation sites (tertiary alicyclic amines) is 1. The molecule has 1 aromatic carbocycles. The highest BCUT2D eigenvalue weighted by Gasteiger charge is 2.34. The Morgan fingerprint density at radius 1 is 1.26 bits per heavy atom. The van der Waals surface area contributed by atoms with Crippen LogP contribution in [0.5, 0.6) is 0 Å². The number of benzene rings is 1. The lowest BCUT2D eigenvalue weighted by Crippen LogP contribution is -2.39. The Morgan fingerprint density at radius 2 is 2.13 bits per heavy atom. The van der Waals surface area contributed by atoms with Gasteiger partial charge in [-0.2, -0.15) is 4.98 Å². The van der Waals surface area contributed by atoms with Crippen molar-refractivity contribution < 1.29 is 22.9 Å². The van der Waals surface area contributed by atoms with Crippen LogP contribution in [0.25, 0.3) is 11.4 Å². The maximum atomic E-state index is 13.5. The van der Waals surface area contributed by atoms with Crippen LogP contribution in [-0.2, 0) is 6.42 Å². The number of hydrogen-bond donors (Lipinski definition) is 0. The van der Waals surface area contributed by atoms with Crippen molar-refractivity contribution in [2.24, 2.45) is 0 Å². The second-order valence-corrected chi connectivity index (χ2v) is 8.19. The van der Waals surface area contributed by atoms with Crippen LogP contribution >= 0.6 is 0 Å². The van der Waals surface area contributed by atoms with E-state index in [0.29, 0.717) is 60.1 Å². The van der Waals surface area contributed by atoms with Crippen LogP contribution in [0.1, 0.15) is 69.7 Å². The van der Waals surface area contributed by atoms with Gasteiger partial charge in [0, 0.05) is 37.1 Å². The van der Waals surface area contributed by atoms with Crippen LogP contribution in [0.4, 0.5) is 4.39 Å². The van der Waals surface area contributed by atoms with Crippen molar-refractivity contribution in [1.82, 2.24) is 15.0 Å². The molecule has 1 unspecified atom stereocenters. The normalized spacial score (nSPS) is 18.8. The lowest BCUT2D eigenvalue weighted by Gasteiger charge is -2.30. The zero-order chi connectivity index (χ0) is 21.5. The fourth-order valence-corrected chi connectivity index (χ4v) is 4.51. The van der Waals surface area contributed by atoms with Crippen LogP contribution in [0, 0.1) is 12.7 Å². The summed E-state index contributed by atoms with van der Waals surface area (Å²) in [6.07, 6.45) is 3.52. The Morgan fingerprint density at radius 3 is 2.94 bits per heavy atom. The molecule has 31 heavy (non-hydrogen) atoms. The van der Waals surface area contributed by atoms with Gasteiger partial charge < -0.3 is 13.8 Å². The molecule has 1 amide bonds. The SMILES string of the molecule is Cc1c(C(=O)N2CCCC(c3nc(-c4cccc(F)c4)no3)C2)oc2c1C(=O)CCC2. The molecule has 7 nitrogen and oxygen atoms in total. The Balaban J connectivity index is 1.35. The first-order chi connectivity index (χ1) is 15.0. The minimum absolute atomic E-state index is 0.0498. The average Bonchev–Trinajstić information content (AvgIpc) is 3.39. The third-order valence-corrected chi connectivity index (χ3v) is 6.08. The number of ketones is 1. The summed E-state index contributed by atoms with van der Waals surface area (Å²) in [6, 6.07) is 6.03. The molecule has 0 bridgehead atoms. The topological polar surface area (TPSA) is 89.4 Å². The molecule has 3 heterocycles. The summed E-state index contributed by atoms with van der Waals surface area (Å²) in [7, 11) is 0. The van der Waals surface area contributed by atoms with E-state index in [4.69, 9.17) is 8.94 Å². The van der Waals surface area contributed by atoms with Crippen molar-refractivity contribution in [3.05, 3.63) is 58.6 Å². The van der Waals surface area contributed by atoms with Crippen LogP contribution < -0.4 is 0 Å². The number of hydrogen-bond acceptors (Lipinski definition) is 6. The van der Waals surface area contributed by atoms with Crippen molar-refractivity contribution in [2.75, 3.05) is 13.1 Å². The van der Waals surface area contributed by atoms with E-state index in [0.717, 1.165) is 19.3 Å². The highest BCUT2D eigenvalue weighted by atomic mass is 19.1. The summed E-state index contributed by atoms with van der Waals surface area (Å²) in [4.78, 5) is 31.6. The van der Waals surface area contributed by atoms with Crippen molar-refractivity contribution in [3.63, 3.8) is 0 Å². The molecule has 1 saturated heterocycles. The van der Waals surface area contributed by atoms with Gasteiger partial charge in [0.2, 0.25) is 11.7 Å². The Bertz CT molecular complexity index is 1170. The third-order valence-electron chi connectivity index (χ3n) is 6.08. The number of carbonyl (C=O) groups excluding carboxylic acids is 2. The first-order valence-electron chi connectivity index (χ1n) is 10.6. The molecule has 0 saturated carbocycles. The van der Waals surface area contributed by atoms with Crippen LogP contribution in [0.2, 0.25) is 0 Å². The van der Waals surface area contributed by atoms with E-state index in [-0.39, 0.29) is 29.2 Å². The van der Waals surface area contributed by atoms with Crippen LogP contribution in [-0.4, -0.2) is 39.8 Å². The fraction of sp³-hybridized carbons (Fsp3) is 0.391. The molecule has 1 aliphatic carbocycles. The van der Waals surface area contributed by atoms with E-state index in [9.17, 15) is 14.0 Å². The zero-order valence-corrected chi connectivity index (χ0v) is 17.2. The molecule has 0 N–H and O–H groups in total. The first kappa shape index (κ1) is 19.7. The maximum absolute atomic E-state index is 13.5. The third kappa shape index (κ3) is 3.56. The number of aromatic nitrogens is 2. The van der Waals surface area contributed by atoms with Gasteiger partial charge in [0.15, 0.2) is 11.5 Å². The van der Waals surface area contributed by atoms with Gasteiger partial charge in [-0.05, 0) is 38.3 Å². The predicted octanol–water partition coefficient (Wildman–Crippen LogP) is 4.32. The number of rotatable bonds is 3. The predicted molar refractivity (Wildman–Crippen MR) is 108 cm³/mol. The van der Waals surface area contributed by atoms with Gasteiger partial charge in [-0.3, -0.25) is 9.59 Å². The maximum Gasteiger partial charge on any atom is 0.289 e. The van der Waals surface area contributed by atoms with Gasteiger partial charge in [0.05, 0.1) is 11.5 Å². The molecule has 3 aromatic rings. The van der Waals surface area contributed by atoms with Gasteiger partial charge in [0.1, 0.15) is 11.6 Å². The summed E-state index contributed by atoms with van der Waals surface area (Å²) >= 11 is 0. The number of nitrogens with zero attached hydrogens (tertiary/aromatic N) is 3. The largest absolute Gasteiger partial charge is 0.455 e. The number of aryl methyl sites for hydroxylation is 1. The van der Waals surface area contributed by atoms with Crippen LogP contribution in [0.3, 0.4) is 0 Å². The molecule has 2 aliphatic rings. The number of amides is 1. The molecule has 5 rings (SSSR count). The molecule has 1 atom stereocenters. The van der Waals surface area contributed by atoms with Crippen molar-refractivity contribution in [3.8, 4) is 11.4 Å². The summed E-state index contributed by atoms with van der Waals surface area (Å²) in [5, 5.41) is 3.99. The number of Topliss-reactive ketones (excluding diaryl/α,β-unsaturated/α-hetero) is 1. The first-order valence-corrected chi connectivity index (χ1v) is 10.6. The van der Waals surface area contributed by atoms with Crippen molar-refractivity contribution >= 4 is 11.7 Å². The van der Waals surface area contributed by atoms with E-state index >= 15 is 0 Å². The lowest BCUT2D eigenvalue weighted by molar-refractivity contribution is 0.0660. The highest BCUT2D eigenvalue weighted by molar-refractivity contribution is 6.03. The Kier molecular flexibility index (Phi) is 4.92. The molecule has 0 spiro atoms. The quantitative estimate of drug-likeness (QED) is 0.623. The number of carbonyl (C=O) groups is 2. The monoisotopic (exact) mass is 423 g/mol. The zero-order valence-electron chi connectivity index (χ0n) is 17.2. The van der Waals surface area contributed by atoms with Gasteiger partial charge in [-0.1, -0.05) is 17.3 Å². The van der Waals surface area contributed by atoms with Gasteiger partial charge >= 0.3 is 0 Å². The summed E-state index contributed by atoms with van der Waals surface area (Å²) in [5.74, 6) is 0.998. The average molecular weight is 423 g/mol. The Hall–Kier alpha value is -3.29. The van der Waals surface area contributed by atoms with Crippen LogP contribution in [0.15, 0.2) is 33.2 Å². The molecule has 0 radical (unpaired) electrons. The molecule has 8 heteroatoms. The van der Waals surface area contributed by atoms with Crippen molar-refractivity contribution in [2.45, 2.75) is 44.9 Å².